The molecule has 3 aromatic carbocycles. The van der Waals surface area contributed by atoms with E-state index < -0.39 is 24.3 Å². The Hall–Kier alpha value is -4.90. The second-order valence-corrected chi connectivity index (χ2v) is 7.31. The number of carbonyl (C=O) groups excluding carboxylic acids is 2. The highest BCUT2D eigenvalue weighted by Crippen LogP contribution is 2.23. The van der Waals surface area contributed by atoms with Crippen LogP contribution in [0.1, 0.15) is 23.1 Å². The molecule has 0 unspecified atom stereocenters. The lowest BCUT2D eigenvalue weighted by Crippen LogP contribution is -2.09. The summed E-state index contributed by atoms with van der Waals surface area (Å²) in [5.41, 5.74) is 3.28. The highest BCUT2D eigenvalue weighted by molar-refractivity contribution is 5.90. The van der Waals surface area contributed by atoms with E-state index in [4.69, 9.17) is 9.47 Å². The molecule has 0 aliphatic heterocycles. The fourth-order valence-corrected chi connectivity index (χ4v) is 3.29. The summed E-state index contributed by atoms with van der Waals surface area (Å²) < 4.78 is 10.2. The Morgan fingerprint density at radius 2 is 1.65 bits per heavy atom. The fourth-order valence-electron chi connectivity index (χ4n) is 3.29. The molecular weight excluding hydrogens is 434 g/mol. The van der Waals surface area contributed by atoms with Gasteiger partial charge in [-0.15, -0.1) is 0 Å². The zero-order valence-corrected chi connectivity index (χ0v) is 18.1. The third kappa shape index (κ3) is 4.95. The van der Waals surface area contributed by atoms with Crippen LogP contribution in [0.4, 0.5) is 0 Å². The minimum absolute atomic E-state index is 0.100. The number of carbonyl (C=O) groups is 2. The first-order valence-electron chi connectivity index (χ1n) is 10.3. The number of aromatic nitrogens is 2. The van der Waals surface area contributed by atoms with Gasteiger partial charge < -0.3 is 19.6 Å². The van der Waals surface area contributed by atoms with Crippen LogP contribution in [0.25, 0.3) is 27.7 Å². The Morgan fingerprint density at radius 3 is 2.26 bits per heavy atom. The molecule has 0 amide bonds. The summed E-state index contributed by atoms with van der Waals surface area (Å²) in [4.78, 5) is 30.7. The summed E-state index contributed by atoms with van der Waals surface area (Å²) in [6, 6.07) is 22.8. The number of aliphatic hydroxyl groups is 1. The summed E-state index contributed by atoms with van der Waals surface area (Å²) in [6.07, 6.45) is 0. The molecule has 34 heavy (non-hydrogen) atoms. The van der Waals surface area contributed by atoms with Crippen molar-refractivity contribution in [2.24, 2.45) is 0 Å². The molecule has 0 radical (unpaired) electrons. The van der Waals surface area contributed by atoms with Crippen LogP contribution in [0.2, 0.25) is 0 Å². The number of hydrogen-bond donors (Lipinski definition) is 2. The van der Waals surface area contributed by atoms with Gasteiger partial charge in [0, 0.05) is 6.92 Å². The molecule has 0 aliphatic rings. The van der Waals surface area contributed by atoms with Crippen molar-refractivity contribution in [3.63, 3.8) is 0 Å². The number of hydrogen-bond acceptors (Lipinski definition) is 7. The van der Waals surface area contributed by atoms with Gasteiger partial charge in [-0.05, 0) is 47.5 Å². The Bertz CT molecular complexity index is 1400. The van der Waals surface area contributed by atoms with Gasteiger partial charge in [0.2, 0.25) is 0 Å². The van der Waals surface area contributed by atoms with Crippen LogP contribution in [0, 0.1) is 11.3 Å². The second kappa shape index (κ2) is 9.71. The van der Waals surface area contributed by atoms with E-state index >= 15 is 0 Å². The molecule has 8 heteroatoms. The average Bonchev–Trinajstić information content (AvgIpc) is 3.27. The van der Waals surface area contributed by atoms with Gasteiger partial charge in [-0.3, -0.25) is 4.79 Å². The smallest absolute Gasteiger partial charge is 0.338 e. The first kappa shape index (κ1) is 22.3. The summed E-state index contributed by atoms with van der Waals surface area (Å²) in [5.74, 6) is -0.800. The van der Waals surface area contributed by atoms with E-state index in [1.165, 1.54) is 6.92 Å². The van der Waals surface area contributed by atoms with Crippen LogP contribution in [-0.2, 0) is 9.53 Å². The minimum atomic E-state index is -0.648. The van der Waals surface area contributed by atoms with Gasteiger partial charge in [-0.1, -0.05) is 36.4 Å². The molecule has 0 spiro atoms. The van der Waals surface area contributed by atoms with Crippen molar-refractivity contribution in [2.45, 2.75) is 6.92 Å². The third-order valence-corrected chi connectivity index (χ3v) is 4.94. The number of esters is 2. The lowest BCUT2D eigenvalue weighted by atomic mass is 10.0. The number of nitrogens with zero attached hydrogens (tertiary/aromatic N) is 2. The lowest BCUT2D eigenvalue weighted by Gasteiger charge is -2.07. The number of benzene rings is 3. The van der Waals surface area contributed by atoms with E-state index in [9.17, 15) is 20.0 Å². The van der Waals surface area contributed by atoms with Crippen molar-refractivity contribution < 1.29 is 24.2 Å². The summed E-state index contributed by atoms with van der Waals surface area (Å²) >= 11 is 0. The molecule has 4 aromatic rings. The maximum absolute atomic E-state index is 12.4. The normalized spacial score (nSPS) is 11.4. The quantitative estimate of drug-likeness (QED) is 0.186. The van der Waals surface area contributed by atoms with E-state index in [-0.39, 0.29) is 17.0 Å². The largest absolute Gasteiger partial charge is 0.507 e. The van der Waals surface area contributed by atoms with Crippen molar-refractivity contribution in [3.8, 4) is 22.9 Å². The topological polar surface area (TPSA) is 125 Å². The number of aromatic amines is 1. The van der Waals surface area contributed by atoms with Gasteiger partial charge in [-0.25, -0.2) is 9.78 Å². The highest BCUT2D eigenvalue weighted by atomic mass is 16.5. The van der Waals surface area contributed by atoms with E-state index in [0.717, 1.165) is 16.6 Å². The Morgan fingerprint density at radius 1 is 1.00 bits per heavy atom. The number of rotatable bonds is 6. The summed E-state index contributed by atoms with van der Waals surface area (Å²) in [6.45, 7) is 0.860. The number of allylic oxidation sites excluding steroid dienone is 1. The zero-order valence-electron chi connectivity index (χ0n) is 18.1. The first-order valence-corrected chi connectivity index (χ1v) is 10.3. The van der Waals surface area contributed by atoms with Crippen molar-refractivity contribution in [1.82, 2.24) is 9.97 Å². The molecule has 0 saturated heterocycles. The maximum Gasteiger partial charge on any atom is 0.338 e. The van der Waals surface area contributed by atoms with Gasteiger partial charge >= 0.3 is 11.9 Å². The van der Waals surface area contributed by atoms with E-state index in [2.05, 4.69) is 9.97 Å². The van der Waals surface area contributed by atoms with E-state index in [0.29, 0.717) is 11.3 Å². The molecular formula is C26H19N3O5. The number of nitrogens with one attached hydrogen (secondary N) is 1. The first-order chi connectivity index (χ1) is 16.4. The second-order valence-electron chi connectivity index (χ2n) is 7.31. The minimum Gasteiger partial charge on any atom is -0.507 e. The van der Waals surface area contributed by atoms with Gasteiger partial charge in [0.1, 0.15) is 24.0 Å². The molecule has 0 aliphatic carbocycles. The molecule has 0 bridgehead atoms. The Balaban J connectivity index is 1.43. The maximum atomic E-state index is 12.4. The van der Waals surface area contributed by atoms with Gasteiger partial charge in [0.15, 0.2) is 11.6 Å². The van der Waals surface area contributed by atoms with Crippen LogP contribution >= 0.6 is 0 Å². The molecule has 2 N–H and O–H groups in total. The predicted molar refractivity (Wildman–Crippen MR) is 125 cm³/mol. The number of ether oxygens (including phenoxy) is 2. The SMILES string of the molecule is CC(=O)Oc1ccc(-c2ccc(C(=O)OC/C(O)=C(\C#N)c3nc4ccccc4[nH]3)cc2)cc1. The van der Waals surface area contributed by atoms with Crippen LogP contribution in [-0.4, -0.2) is 33.6 Å². The molecule has 8 nitrogen and oxygen atoms in total. The number of para-hydroxylation sites is 2. The number of aliphatic hydroxyl groups excluding tert-OH is 1. The van der Waals surface area contributed by atoms with Crippen molar-refractivity contribution in [3.05, 3.63) is 89.9 Å². The number of H-pyrrole nitrogens is 1. The number of nitriles is 1. The summed E-state index contributed by atoms with van der Waals surface area (Å²) in [7, 11) is 0. The Kier molecular flexibility index (Phi) is 6.37. The van der Waals surface area contributed by atoms with Crippen molar-refractivity contribution >= 4 is 28.5 Å². The monoisotopic (exact) mass is 453 g/mol. The van der Waals surface area contributed by atoms with Crippen LogP contribution in [0.15, 0.2) is 78.6 Å². The molecule has 168 valence electrons. The zero-order chi connectivity index (χ0) is 24.1. The van der Waals surface area contributed by atoms with Crippen molar-refractivity contribution in [1.29, 1.82) is 5.26 Å². The molecule has 0 atom stereocenters. The fraction of sp³-hybridized carbons (Fsp3) is 0.0769. The highest BCUT2D eigenvalue weighted by Gasteiger charge is 2.16. The van der Waals surface area contributed by atoms with Crippen LogP contribution < -0.4 is 4.74 Å². The molecule has 1 heterocycles. The van der Waals surface area contributed by atoms with Gasteiger partial charge in [0.05, 0.1) is 16.6 Å². The van der Waals surface area contributed by atoms with Crippen molar-refractivity contribution in [2.75, 3.05) is 6.61 Å². The molecule has 1 aromatic heterocycles. The lowest BCUT2D eigenvalue weighted by molar-refractivity contribution is -0.131. The van der Waals surface area contributed by atoms with Crippen LogP contribution in [0.5, 0.6) is 5.75 Å². The van der Waals surface area contributed by atoms with E-state index in [1.807, 2.05) is 18.2 Å². The molecule has 0 fully saturated rings. The Labute approximate surface area is 194 Å². The van der Waals surface area contributed by atoms with Gasteiger partial charge in [0.25, 0.3) is 0 Å². The number of fused-ring (bicyclic) bond motifs is 1. The van der Waals surface area contributed by atoms with Crippen LogP contribution in [0.3, 0.4) is 0 Å². The standard InChI is InChI=1S/C26H19N3O5/c1-16(30)34-20-12-10-18(11-13-20)17-6-8-19(9-7-17)26(32)33-15-24(31)21(14-27)25-28-22-4-2-3-5-23(22)29-25/h2-13,31H,15H2,1H3,(H,28,29)/b24-21-. The summed E-state index contributed by atoms with van der Waals surface area (Å²) in [5, 5.41) is 19.8. The molecule has 0 saturated carbocycles. The third-order valence-electron chi connectivity index (χ3n) is 4.94. The van der Waals surface area contributed by atoms with E-state index in [1.54, 1.807) is 60.7 Å². The number of imidazole rings is 1. The average molecular weight is 453 g/mol. The van der Waals surface area contributed by atoms with Gasteiger partial charge in [-0.2, -0.15) is 5.26 Å². The predicted octanol–water partition coefficient (Wildman–Crippen LogP) is 4.80. The molecule has 4 rings (SSSR count).